The topological polar surface area (TPSA) is 97.1 Å². The quantitative estimate of drug-likeness (QED) is 0.695. The van der Waals surface area contributed by atoms with Gasteiger partial charge in [0.15, 0.2) is 0 Å². The minimum atomic E-state index is -0.426. The molecule has 26 heavy (non-hydrogen) atoms. The number of benzene rings is 2. The van der Waals surface area contributed by atoms with Crippen LogP contribution >= 0.6 is 23.2 Å². The molecule has 9 heteroatoms. The molecule has 0 aliphatic heterocycles. The number of hydrogen-bond acceptors (Lipinski definition) is 5. The zero-order valence-electron chi connectivity index (χ0n) is 13.2. The highest BCUT2D eigenvalue weighted by atomic mass is 35.5. The summed E-state index contributed by atoms with van der Waals surface area (Å²) in [6.45, 7) is -0.215. The molecule has 0 atom stereocenters. The van der Waals surface area contributed by atoms with Crippen LogP contribution in [0.5, 0.6) is 0 Å². The van der Waals surface area contributed by atoms with Gasteiger partial charge in [-0.3, -0.25) is 9.59 Å². The van der Waals surface area contributed by atoms with E-state index in [2.05, 4.69) is 20.8 Å². The maximum Gasteiger partial charge on any atom is 0.251 e. The third-order valence-corrected chi connectivity index (χ3v) is 3.93. The van der Waals surface area contributed by atoms with Crippen molar-refractivity contribution >= 4 is 40.7 Å². The zero-order chi connectivity index (χ0) is 18.5. The van der Waals surface area contributed by atoms with E-state index in [9.17, 15) is 9.59 Å². The molecule has 132 valence electrons. The Morgan fingerprint density at radius 3 is 2.54 bits per heavy atom. The maximum absolute atomic E-state index is 12.1. The lowest BCUT2D eigenvalue weighted by molar-refractivity contribution is -0.115. The molecule has 0 unspecified atom stereocenters. The van der Waals surface area contributed by atoms with Crippen LogP contribution in [-0.4, -0.2) is 28.6 Å². The van der Waals surface area contributed by atoms with Crippen LogP contribution in [-0.2, 0) is 4.79 Å². The van der Waals surface area contributed by atoms with Crippen LogP contribution in [0.25, 0.3) is 11.5 Å². The van der Waals surface area contributed by atoms with E-state index in [0.717, 1.165) is 0 Å². The summed E-state index contributed by atoms with van der Waals surface area (Å²) in [5.41, 5.74) is 1.46. The van der Waals surface area contributed by atoms with Crippen LogP contribution in [0.15, 0.2) is 53.3 Å². The molecule has 2 aromatic carbocycles. The van der Waals surface area contributed by atoms with Gasteiger partial charge < -0.3 is 15.1 Å². The average Bonchev–Trinajstić information content (AvgIpc) is 3.17. The van der Waals surface area contributed by atoms with Crippen molar-refractivity contribution in [1.29, 1.82) is 0 Å². The van der Waals surface area contributed by atoms with E-state index < -0.39 is 11.8 Å². The molecule has 0 fully saturated rings. The van der Waals surface area contributed by atoms with Gasteiger partial charge in [-0.2, -0.15) is 0 Å². The number of halogens is 2. The molecule has 0 saturated carbocycles. The lowest BCUT2D eigenvalue weighted by Gasteiger charge is -2.09. The van der Waals surface area contributed by atoms with Crippen LogP contribution in [0, 0.1) is 0 Å². The van der Waals surface area contributed by atoms with Crippen molar-refractivity contribution in [3.8, 4) is 11.5 Å². The highest BCUT2D eigenvalue weighted by Crippen LogP contribution is 2.25. The minimum absolute atomic E-state index is 0.215. The number of carbonyl (C=O) groups excluding carboxylic acids is 2. The Hall–Kier alpha value is -2.90. The molecular weight excluding hydrogens is 379 g/mol. The van der Waals surface area contributed by atoms with Crippen LogP contribution in [0.2, 0.25) is 10.0 Å². The molecule has 3 rings (SSSR count). The van der Waals surface area contributed by atoms with Crippen molar-refractivity contribution in [1.82, 2.24) is 15.5 Å². The molecule has 2 amide bonds. The first kappa shape index (κ1) is 17.9. The van der Waals surface area contributed by atoms with Gasteiger partial charge >= 0.3 is 0 Å². The number of rotatable bonds is 5. The normalized spacial score (nSPS) is 10.4. The first-order valence-corrected chi connectivity index (χ1v) is 8.18. The summed E-state index contributed by atoms with van der Waals surface area (Å²) in [5, 5.41) is 13.3. The summed E-state index contributed by atoms with van der Waals surface area (Å²) in [5.74, 6) is -0.464. The fourth-order valence-corrected chi connectivity index (χ4v) is 2.45. The Morgan fingerprint density at radius 2 is 1.85 bits per heavy atom. The second-order valence-electron chi connectivity index (χ2n) is 5.18. The number of carbonyl (C=O) groups is 2. The number of hydrogen-bond donors (Lipinski definition) is 2. The summed E-state index contributed by atoms with van der Waals surface area (Å²) < 4.78 is 5.08. The van der Waals surface area contributed by atoms with Gasteiger partial charge in [0.2, 0.25) is 18.2 Å². The fraction of sp³-hybridized carbons (Fsp3) is 0.0588. The largest absolute Gasteiger partial charge is 0.423 e. The first-order chi connectivity index (χ1) is 12.5. The fourth-order valence-electron chi connectivity index (χ4n) is 2.11. The highest BCUT2D eigenvalue weighted by molar-refractivity contribution is 6.35. The highest BCUT2D eigenvalue weighted by Gasteiger charge is 2.11. The first-order valence-electron chi connectivity index (χ1n) is 7.42. The Bertz CT molecular complexity index is 928. The summed E-state index contributed by atoms with van der Waals surface area (Å²) in [6, 6.07) is 11.3. The number of nitrogens with zero attached hydrogens (tertiary/aromatic N) is 2. The Morgan fingerprint density at radius 1 is 1.08 bits per heavy atom. The van der Waals surface area contributed by atoms with Crippen LogP contribution in [0.4, 0.5) is 5.69 Å². The Kier molecular flexibility index (Phi) is 5.50. The number of aromatic nitrogens is 2. The summed E-state index contributed by atoms with van der Waals surface area (Å²) in [4.78, 5) is 24.1. The summed E-state index contributed by atoms with van der Waals surface area (Å²) in [7, 11) is 0. The van der Waals surface area contributed by atoms with Gasteiger partial charge in [-0.1, -0.05) is 23.2 Å². The van der Waals surface area contributed by atoms with Crippen molar-refractivity contribution in [2.45, 2.75) is 0 Å². The molecule has 2 N–H and O–H groups in total. The molecule has 7 nitrogen and oxygen atoms in total. The molecule has 1 heterocycles. The number of amides is 2. The van der Waals surface area contributed by atoms with Crippen LogP contribution < -0.4 is 10.6 Å². The smallest absolute Gasteiger partial charge is 0.251 e. The van der Waals surface area contributed by atoms with E-state index >= 15 is 0 Å². The second kappa shape index (κ2) is 7.99. The molecule has 3 aromatic rings. The third kappa shape index (κ3) is 4.38. The molecule has 0 aliphatic rings. The van der Waals surface area contributed by atoms with E-state index in [1.54, 1.807) is 36.4 Å². The number of nitrogens with one attached hydrogen (secondary N) is 2. The molecule has 0 bridgehead atoms. The maximum atomic E-state index is 12.1. The summed E-state index contributed by atoms with van der Waals surface area (Å²) in [6.07, 6.45) is 1.22. The van der Waals surface area contributed by atoms with Gasteiger partial charge in [0.1, 0.15) is 0 Å². The number of anilines is 1. The lowest BCUT2D eigenvalue weighted by Crippen LogP contribution is -2.32. The molecule has 0 saturated heterocycles. The molecule has 0 spiro atoms. The van der Waals surface area contributed by atoms with Gasteiger partial charge in [0, 0.05) is 16.1 Å². The molecule has 0 aliphatic carbocycles. The third-order valence-electron chi connectivity index (χ3n) is 3.37. The van der Waals surface area contributed by atoms with Gasteiger partial charge in [-0.05, 0) is 42.5 Å². The monoisotopic (exact) mass is 390 g/mol. The van der Waals surface area contributed by atoms with Crippen LogP contribution in [0.1, 0.15) is 10.4 Å². The van der Waals surface area contributed by atoms with E-state index in [1.807, 2.05) is 0 Å². The van der Waals surface area contributed by atoms with E-state index in [4.69, 9.17) is 27.6 Å². The van der Waals surface area contributed by atoms with Crippen molar-refractivity contribution in [2.75, 3.05) is 11.9 Å². The average molecular weight is 391 g/mol. The van der Waals surface area contributed by atoms with Crippen molar-refractivity contribution in [2.24, 2.45) is 0 Å². The zero-order valence-corrected chi connectivity index (χ0v) is 14.7. The molecular formula is C17H12Cl2N4O3. The van der Waals surface area contributed by atoms with Gasteiger partial charge in [-0.25, -0.2) is 0 Å². The summed E-state index contributed by atoms with van der Waals surface area (Å²) >= 11 is 11.8. The Balaban J connectivity index is 1.56. The van der Waals surface area contributed by atoms with Crippen LogP contribution in [0.3, 0.4) is 0 Å². The van der Waals surface area contributed by atoms with Crippen molar-refractivity contribution in [3.05, 3.63) is 64.5 Å². The second-order valence-corrected chi connectivity index (χ2v) is 6.02. The van der Waals surface area contributed by atoms with Gasteiger partial charge in [0.05, 0.1) is 17.3 Å². The minimum Gasteiger partial charge on any atom is -0.423 e. The lowest BCUT2D eigenvalue weighted by atomic mass is 10.1. The SMILES string of the molecule is O=C(CNC(=O)c1ccc(-c2nnco2)cc1)Nc1cc(Cl)ccc1Cl. The van der Waals surface area contributed by atoms with Crippen molar-refractivity contribution < 1.29 is 14.0 Å². The Labute approximate surface area is 158 Å². The van der Waals surface area contributed by atoms with E-state index in [-0.39, 0.29) is 6.54 Å². The van der Waals surface area contributed by atoms with E-state index in [0.29, 0.717) is 32.8 Å². The van der Waals surface area contributed by atoms with Crippen molar-refractivity contribution in [3.63, 3.8) is 0 Å². The molecule has 1 aromatic heterocycles. The van der Waals surface area contributed by atoms with Gasteiger partial charge in [0.25, 0.3) is 5.91 Å². The predicted molar refractivity (Wildman–Crippen MR) is 97.2 cm³/mol. The van der Waals surface area contributed by atoms with E-state index in [1.165, 1.54) is 12.5 Å². The standard InChI is InChI=1S/C17H12Cl2N4O3/c18-12-5-6-13(19)14(7-12)22-15(24)8-20-16(25)10-1-3-11(4-2-10)17-23-21-9-26-17/h1-7,9H,8H2,(H,20,25)(H,22,24). The molecule has 0 radical (unpaired) electrons. The van der Waals surface area contributed by atoms with Gasteiger partial charge in [-0.15, -0.1) is 10.2 Å². The predicted octanol–water partition coefficient (Wildman–Crippen LogP) is 3.41.